The minimum atomic E-state index is -0.467. The van der Waals surface area contributed by atoms with Crippen LogP contribution in [0, 0.1) is 5.92 Å². The lowest BCUT2D eigenvalue weighted by atomic mass is 9.84. The van der Waals surface area contributed by atoms with Gasteiger partial charge in [0, 0.05) is 62.2 Å². The molecule has 3 aromatic carbocycles. The summed E-state index contributed by atoms with van der Waals surface area (Å²) in [5.41, 5.74) is 4.44. The molecule has 2 fully saturated rings. The third kappa shape index (κ3) is 8.80. The topological polar surface area (TPSA) is 74.8 Å². The number of hydrogen-bond donors (Lipinski definition) is 0. The van der Waals surface area contributed by atoms with Crippen molar-refractivity contribution in [1.29, 1.82) is 0 Å². The van der Waals surface area contributed by atoms with Gasteiger partial charge >= 0.3 is 6.09 Å². The number of nitrogens with zero attached hydrogens (tertiary/aromatic N) is 4. The number of hydrogen-bond acceptors (Lipinski definition) is 7. The summed E-state index contributed by atoms with van der Waals surface area (Å²) in [6, 6.07) is 20.4. The molecule has 1 saturated carbocycles. The van der Waals surface area contributed by atoms with E-state index in [1.165, 1.54) is 25.7 Å². The monoisotopic (exact) mass is 730 g/mol. The van der Waals surface area contributed by atoms with Crippen molar-refractivity contribution in [3.63, 3.8) is 0 Å². The maximum absolute atomic E-state index is 14.0. The van der Waals surface area contributed by atoms with E-state index < -0.39 is 5.60 Å². The fourth-order valence-electron chi connectivity index (χ4n) is 7.98. The van der Waals surface area contributed by atoms with Crippen LogP contribution in [0.5, 0.6) is 11.5 Å². The fraction of sp³-hybridized carbons (Fsp3) is 0.524. The Hall–Kier alpha value is -3.95. The van der Waals surface area contributed by atoms with Gasteiger partial charge in [-0.25, -0.2) is 4.79 Å². The molecule has 9 nitrogen and oxygen atoms in total. The van der Waals surface area contributed by atoms with Crippen LogP contribution in [0.2, 0.25) is 5.02 Å². The highest BCUT2D eigenvalue weighted by Gasteiger charge is 2.37. The molecule has 280 valence electrons. The number of halogens is 1. The Labute approximate surface area is 314 Å². The van der Waals surface area contributed by atoms with E-state index in [9.17, 15) is 9.59 Å². The van der Waals surface area contributed by atoms with Crippen LogP contribution in [-0.2, 0) is 16.0 Å². The second kappa shape index (κ2) is 16.0. The lowest BCUT2D eigenvalue weighted by Gasteiger charge is -2.42. The molecule has 10 heteroatoms. The SMILES string of the molecule is COc1cc2c(cc1OC(C)C)[C@H](c1ccc(Cl)cc1)N(c1ccc(N(C)CC3CCC(N4CCN(C(=O)OC(C)(C)C)CC4)CC3)cc1)C(=O)C2. The van der Waals surface area contributed by atoms with Crippen molar-refractivity contribution in [1.82, 2.24) is 9.80 Å². The molecule has 1 aliphatic carbocycles. The minimum absolute atomic E-state index is 0.0242. The van der Waals surface area contributed by atoms with E-state index in [2.05, 4.69) is 41.1 Å². The normalized spacial score (nSPS) is 21.2. The molecule has 3 aromatic rings. The van der Waals surface area contributed by atoms with Gasteiger partial charge in [-0.2, -0.15) is 0 Å². The molecule has 0 aromatic heterocycles. The second-order valence-corrected chi connectivity index (χ2v) is 16.3. The van der Waals surface area contributed by atoms with Gasteiger partial charge in [-0.3, -0.25) is 9.69 Å². The summed E-state index contributed by atoms with van der Waals surface area (Å²) in [5, 5.41) is 0.648. The standard InChI is InChI=1S/C42H55ClN4O5/c1-28(2)51-38-26-36-31(24-37(38)50-7)25-39(48)47(40(36)30-10-12-32(43)13-11-30)35-18-16-33(17-19-35)44(6)27-29-8-14-34(15-9-29)45-20-22-46(23-21-45)41(49)52-42(3,4)5/h10-13,16-19,24,26,28-29,34,40H,8-9,14-15,20-23,25,27H2,1-7H3/t29?,34?,40-/m0/s1. The molecule has 0 radical (unpaired) electrons. The van der Waals surface area contributed by atoms with Gasteiger partial charge in [0.25, 0.3) is 0 Å². The molecular weight excluding hydrogens is 676 g/mol. The smallest absolute Gasteiger partial charge is 0.410 e. The van der Waals surface area contributed by atoms with Crippen LogP contribution in [0.25, 0.3) is 0 Å². The van der Waals surface area contributed by atoms with E-state index in [1.54, 1.807) is 7.11 Å². The minimum Gasteiger partial charge on any atom is -0.493 e. The summed E-state index contributed by atoms with van der Waals surface area (Å²) in [4.78, 5) is 35.2. The van der Waals surface area contributed by atoms with Crippen LogP contribution in [0.1, 0.15) is 83.0 Å². The zero-order chi connectivity index (χ0) is 37.2. The number of fused-ring (bicyclic) bond motifs is 1. The number of rotatable bonds is 9. The van der Waals surface area contributed by atoms with Gasteiger partial charge in [-0.15, -0.1) is 0 Å². The number of methoxy groups -OCH3 is 1. The maximum atomic E-state index is 14.0. The van der Waals surface area contributed by atoms with E-state index in [0.717, 1.165) is 60.8 Å². The second-order valence-electron chi connectivity index (χ2n) is 15.8. The number of benzene rings is 3. The van der Waals surface area contributed by atoms with Crippen molar-refractivity contribution in [3.8, 4) is 11.5 Å². The number of amides is 2. The zero-order valence-electron chi connectivity index (χ0n) is 31.9. The van der Waals surface area contributed by atoms with Crippen LogP contribution < -0.4 is 19.3 Å². The number of piperazine rings is 1. The first-order valence-electron chi connectivity index (χ1n) is 18.8. The van der Waals surface area contributed by atoms with Gasteiger partial charge in [-0.1, -0.05) is 23.7 Å². The lowest BCUT2D eigenvalue weighted by Crippen LogP contribution is -2.53. The quantitative estimate of drug-likeness (QED) is 0.219. The summed E-state index contributed by atoms with van der Waals surface area (Å²) < 4.78 is 17.4. The maximum Gasteiger partial charge on any atom is 0.410 e. The number of carbonyl (C=O) groups is 2. The summed E-state index contributed by atoms with van der Waals surface area (Å²) in [6.07, 6.45) is 4.79. The first-order chi connectivity index (χ1) is 24.8. The van der Waals surface area contributed by atoms with Crippen molar-refractivity contribution in [2.45, 2.75) is 90.5 Å². The zero-order valence-corrected chi connectivity index (χ0v) is 32.6. The molecule has 0 N–H and O–H groups in total. The highest BCUT2D eigenvalue weighted by Crippen LogP contribution is 2.44. The van der Waals surface area contributed by atoms with E-state index in [-0.39, 0.29) is 30.6 Å². The average Bonchev–Trinajstić information content (AvgIpc) is 3.11. The number of carbonyl (C=O) groups excluding carboxylic acids is 2. The Bertz CT molecular complexity index is 1690. The first kappa shape index (κ1) is 37.8. The highest BCUT2D eigenvalue weighted by atomic mass is 35.5. The fourth-order valence-corrected chi connectivity index (χ4v) is 8.10. The van der Waals surface area contributed by atoms with Crippen molar-refractivity contribution in [2.24, 2.45) is 5.92 Å². The van der Waals surface area contributed by atoms with Crippen molar-refractivity contribution in [2.75, 3.05) is 56.7 Å². The molecule has 1 saturated heterocycles. The summed E-state index contributed by atoms with van der Waals surface area (Å²) in [6.45, 7) is 14.0. The summed E-state index contributed by atoms with van der Waals surface area (Å²) in [5.74, 6) is 1.94. The van der Waals surface area contributed by atoms with Gasteiger partial charge in [0.1, 0.15) is 5.60 Å². The summed E-state index contributed by atoms with van der Waals surface area (Å²) >= 11 is 6.31. The molecule has 6 rings (SSSR count). The van der Waals surface area contributed by atoms with E-state index in [0.29, 0.717) is 28.5 Å². The molecule has 0 unspecified atom stereocenters. The number of ether oxygens (including phenoxy) is 3. The molecule has 0 spiro atoms. The van der Waals surface area contributed by atoms with E-state index in [4.69, 9.17) is 25.8 Å². The average molecular weight is 731 g/mol. The van der Waals surface area contributed by atoms with E-state index in [1.807, 2.05) is 80.8 Å². The van der Waals surface area contributed by atoms with Gasteiger partial charge < -0.3 is 28.9 Å². The van der Waals surface area contributed by atoms with Crippen LogP contribution in [0.15, 0.2) is 60.7 Å². The number of anilines is 2. The molecule has 2 amide bonds. The van der Waals surface area contributed by atoms with Crippen LogP contribution in [0.4, 0.5) is 16.2 Å². The van der Waals surface area contributed by atoms with Crippen LogP contribution in [-0.4, -0.2) is 86.4 Å². The van der Waals surface area contributed by atoms with Gasteiger partial charge in [0.2, 0.25) is 5.91 Å². The van der Waals surface area contributed by atoms with Crippen LogP contribution >= 0.6 is 11.6 Å². The third-order valence-electron chi connectivity index (χ3n) is 10.5. The lowest BCUT2D eigenvalue weighted by molar-refractivity contribution is -0.118. The van der Waals surface area contributed by atoms with Gasteiger partial charge in [-0.05, 0) is 131 Å². The molecule has 3 aliphatic rings. The predicted octanol–water partition coefficient (Wildman–Crippen LogP) is 8.36. The van der Waals surface area contributed by atoms with Crippen LogP contribution in [0.3, 0.4) is 0 Å². The molecule has 2 heterocycles. The molecule has 52 heavy (non-hydrogen) atoms. The Morgan fingerprint density at radius 3 is 2.17 bits per heavy atom. The van der Waals surface area contributed by atoms with Crippen molar-refractivity contribution >= 4 is 35.0 Å². The van der Waals surface area contributed by atoms with Gasteiger partial charge in [0.15, 0.2) is 11.5 Å². The van der Waals surface area contributed by atoms with Gasteiger partial charge in [0.05, 0.1) is 25.7 Å². The molecule has 0 bridgehead atoms. The molecule has 2 aliphatic heterocycles. The first-order valence-corrected chi connectivity index (χ1v) is 19.2. The Balaban J connectivity index is 1.11. The summed E-state index contributed by atoms with van der Waals surface area (Å²) in [7, 11) is 3.80. The Kier molecular flexibility index (Phi) is 11.6. The molecular formula is C42H55ClN4O5. The Morgan fingerprint density at radius 1 is 0.923 bits per heavy atom. The van der Waals surface area contributed by atoms with E-state index >= 15 is 0 Å². The van der Waals surface area contributed by atoms with Crippen molar-refractivity contribution < 1.29 is 23.8 Å². The predicted molar refractivity (Wildman–Crippen MR) is 208 cm³/mol. The molecule has 1 atom stereocenters. The largest absolute Gasteiger partial charge is 0.493 e. The Morgan fingerprint density at radius 2 is 1.58 bits per heavy atom. The van der Waals surface area contributed by atoms with Crippen molar-refractivity contribution in [3.05, 3.63) is 82.4 Å². The third-order valence-corrected chi connectivity index (χ3v) is 10.8. The highest BCUT2D eigenvalue weighted by molar-refractivity contribution is 6.30.